The molecule has 0 aromatic heterocycles. The third-order valence-corrected chi connectivity index (χ3v) is 6.42. The first-order valence-corrected chi connectivity index (χ1v) is 11.8. The minimum Gasteiger partial charge on any atom is -0.293 e. The second kappa shape index (κ2) is 14.6. The molecule has 166 valence electrons. The fourth-order valence-corrected chi connectivity index (χ4v) is 3.95. The highest BCUT2D eigenvalue weighted by Gasteiger charge is 2.20. The molecule has 29 heavy (non-hydrogen) atoms. The van der Waals surface area contributed by atoms with E-state index < -0.39 is 0 Å². The Balaban J connectivity index is 2.12. The SMILES string of the molecule is CCCCCCCCCCCCCCOOC(=O)c1c(C)c(C)c(C)c(C)c1C. The van der Waals surface area contributed by atoms with Gasteiger partial charge in [0, 0.05) is 0 Å². The lowest BCUT2D eigenvalue weighted by Crippen LogP contribution is -2.13. The number of unbranched alkanes of at least 4 members (excludes halogenated alkanes) is 11. The smallest absolute Gasteiger partial charge is 0.293 e. The molecule has 0 heterocycles. The van der Waals surface area contributed by atoms with Crippen molar-refractivity contribution in [3.8, 4) is 0 Å². The van der Waals surface area contributed by atoms with Crippen LogP contribution in [0.15, 0.2) is 0 Å². The monoisotopic (exact) mass is 404 g/mol. The minimum atomic E-state index is -0.370. The highest BCUT2D eigenvalue weighted by atomic mass is 17.2. The molecule has 0 spiro atoms. The Bertz CT molecular complexity index is 590. The van der Waals surface area contributed by atoms with Crippen LogP contribution in [-0.2, 0) is 9.78 Å². The summed E-state index contributed by atoms with van der Waals surface area (Å²) in [7, 11) is 0. The average molecular weight is 405 g/mol. The van der Waals surface area contributed by atoms with E-state index in [4.69, 9.17) is 9.78 Å². The maximum atomic E-state index is 12.5. The van der Waals surface area contributed by atoms with Gasteiger partial charge in [-0.1, -0.05) is 77.6 Å². The van der Waals surface area contributed by atoms with Crippen LogP contribution in [0.2, 0.25) is 0 Å². The van der Waals surface area contributed by atoms with Crippen LogP contribution in [0.25, 0.3) is 0 Å². The van der Waals surface area contributed by atoms with Gasteiger partial charge in [-0.05, 0) is 68.9 Å². The molecule has 0 fully saturated rings. The largest absolute Gasteiger partial charge is 0.373 e. The molecule has 0 saturated heterocycles. The van der Waals surface area contributed by atoms with Crippen LogP contribution in [0.5, 0.6) is 0 Å². The van der Waals surface area contributed by atoms with Crippen molar-refractivity contribution in [2.75, 3.05) is 6.61 Å². The van der Waals surface area contributed by atoms with Gasteiger partial charge in [0.15, 0.2) is 0 Å². The quantitative estimate of drug-likeness (QED) is 0.169. The number of benzene rings is 1. The Morgan fingerprint density at radius 3 is 1.41 bits per heavy atom. The van der Waals surface area contributed by atoms with Crippen LogP contribution in [0, 0.1) is 34.6 Å². The van der Waals surface area contributed by atoms with Gasteiger partial charge in [0.2, 0.25) is 0 Å². The fraction of sp³-hybridized carbons (Fsp3) is 0.731. The van der Waals surface area contributed by atoms with E-state index in [2.05, 4.69) is 27.7 Å². The molecule has 0 amide bonds. The molecule has 1 aromatic carbocycles. The van der Waals surface area contributed by atoms with E-state index in [1.165, 1.54) is 69.8 Å². The van der Waals surface area contributed by atoms with E-state index in [9.17, 15) is 4.79 Å². The van der Waals surface area contributed by atoms with Crippen molar-refractivity contribution >= 4 is 5.97 Å². The molecular weight excluding hydrogens is 360 g/mol. The van der Waals surface area contributed by atoms with Crippen molar-refractivity contribution in [3.63, 3.8) is 0 Å². The summed E-state index contributed by atoms with van der Waals surface area (Å²) in [6.45, 7) is 12.9. The van der Waals surface area contributed by atoms with Gasteiger partial charge in [0.05, 0.1) is 12.2 Å². The van der Waals surface area contributed by atoms with Crippen molar-refractivity contribution in [2.45, 2.75) is 119 Å². The number of hydrogen-bond acceptors (Lipinski definition) is 3. The molecule has 0 unspecified atom stereocenters. The lowest BCUT2D eigenvalue weighted by Gasteiger charge is -2.17. The minimum absolute atomic E-state index is 0.370. The van der Waals surface area contributed by atoms with Crippen LogP contribution >= 0.6 is 0 Å². The summed E-state index contributed by atoms with van der Waals surface area (Å²) < 4.78 is 0. The molecule has 3 heteroatoms. The van der Waals surface area contributed by atoms with Gasteiger partial charge in [0.25, 0.3) is 0 Å². The maximum Gasteiger partial charge on any atom is 0.373 e. The Kier molecular flexibility index (Phi) is 12.9. The molecule has 0 aliphatic carbocycles. The molecule has 0 atom stereocenters. The van der Waals surface area contributed by atoms with E-state index >= 15 is 0 Å². The van der Waals surface area contributed by atoms with Crippen LogP contribution in [0.3, 0.4) is 0 Å². The molecule has 0 N–H and O–H groups in total. The molecule has 3 nitrogen and oxygen atoms in total. The summed E-state index contributed by atoms with van der Waals surface area (Å²) in [4.78, 5) is 22.8. The third kappa shape index (κ3) is 8.90. The molecule has 0 saturated carbocycles. The molecule has 0 aliphatic rings. The van der Waals surface area contributed by atoms with Gasteiger partial charge in [-0.3, -0.25) is 4.89 Å². The van der Waals surface area contributed by atoms with Crippen LogP contribution in [-0.4, -0.2) is 12.6 Å². The molecular formula is C26H44O3. The summed E-state index contributed by atoms with van der Waals surface area (Å²) >= 11 is 0. The van der Waals surface area contributed by atoms with Crippen LogP contribution < -0.4 is 0 Å². The lowest BCUT2D eigenvalue weighted by atomic mass is 9.90. The standard InChI is InChI=1S/C26H44O3/c1-7-8-9-10-11-12-13-14-15-16-17-18-19-28-29-26(27)25-23(5)21(3)20(2)22(4)24(25)6/h7-19H2,1-6H3. The maximum absolute atomic E-state index is 12.5. The second-order valence-corrected chi connectivity index (χ2v) is 8.58. The van der Waals surface area contributed by atoms with Crippen molar-refractivity contribution in [1.29, 1.82) is 0 Å². The normalized spacial score (nSPS) is 11.1. The van der Waals surface area contributed by atoms with Crippen molar-refractivity contribution in [2.24, 2.45) is 0 Å². The molecule has 1 rings (SSSR count). The second-order valence-electron chi connectivity index (χ2n) is 8.58. The summed E-state index contributed by atoms with van der Waals surface area (Å²) in [5, 5.41) is 0. The van der Waals surface area contributed by atoms with E-state index in [0.717, 1.165) is 35.1 Å². The summed E-state index contributed by atoms with van der Waals surface area (Å²) in [6, 6.07) is 0. The Hall–Kier alpha value is -1.35. The summed E-state index contributed by atoms with van der Waals surface area (Å²) in [5.41, 5.74) is 6.19. The van der Waals surface area contributed by atoms with Crippen molar-refractivity contribution in [1.82, 2.24) is 0 Å². The van der Waals surface area contributed by atoms with E-state index in [1.54, 1.807) is 0 Å². The van der Waals surface area contributed by atoms with Gasteiger partial charge in [-0.25, -0.2) is 4.79 Å². The molecule has 0 bridgehead atoms. The van der Waals surface area contributed by atoms with E-state index in [-0.39, 0.29) is 5.97 Å². The van der Waals surface area contributed by atoms with Crippen molar-refractivity contribution in [3.05, 3.63) is 33.4 Å². The predicted molar refractivity (Wildman–Crippen MR) is 123 cm³/mol. The number of carbonyl (C=O) groups excluding carboxylic acids is 1. The zero-order chi connectivity index (χ0) is 21.6. The number of carbonyl (C=O) groups is 1. The van der Waals surface area contributed by atoms with Crippen molar-refractivity contribution < 1.29 is 14.6 Å². The molecule has 0 aliphatic heterocycles. The Morgan fingerprint density at radius 1 is 0.586 bits per heavy atom. The van der Waals surface area contributed by atoms with Gasteiger partial charge >= 0.3 is 5.97 Å². The van der Waals surface area contributed by atoms with Crippen LogP contribution in [0.4, 0.5) is 0 Å². The average Bonchev–Trinajstić information content (AvgIpc) is 2.71. The van der Waals surface area contributed by atoms with Crippen LogP contribution in [0.1, 0.15) is 122 Å². The Labute approximate surface area is 179 Å². The zero-order valence-corrected chi connectivity index (χ0v) is 19.9. The highest BCUT2D eigenvalue weighted by molar-refractivity contribution is 5.93. The van der Waals surface area contributed by atoms with E-state index in [0.29, 0.717) is 12.2 Å². The predicted octanol–water partition coefficient (Wildman–Crippen LogP) is 8.02. The number of rotatable bonds is 15. The van der Waals surface area contributed by atoms with E-state index in [1.807, 2.05) is 13.8 Å². The highest BCUT2D eigenvalue weighted by Crippen LogP contribution is 2.26. The van der Waals surface area contributed by atoms with Gasteiger partial charge in [-0.2, -0.15) is 4.89 Å². The summed E-state index contributed by atoms with van der Waals surface area (Å²) in [5.74, 6) is -0.370. The Morgan fingerprint density at radius 2 is 0.966 bits per heavy atom. The topological polar surface area (TPSA) is 35.5 Å². The zero-order valence-electron chi connectivity index (χ0n) is 19.9. The van der Waals surface area contributed by atoms with Gasteiger partial charge in [-0.15, -0.1) is 0 Å². The first kappa shape index (κ1) is 25.7. The first-order valence-electron chi connectivity index (χ1n) is 11.8. The lowest BCUT2D eigenvalue weighted by molar-refractivity contribution is -0.241. The molecule has 0 radical (unpaired) electrons. The summed E-state index contributed by atoms with van der Waals surface area (Å²) in [6.07, 6.45) is 15.6. The van der Waals surface area contributed by atoms with Gasteiger partial charge in [0.1, 0.15) is 0 Å². The third-order valence-electron chi connectivity index (χ3n) is 6.42. The van der Waals surface area contributed by atoms with Gasteiger partial charge < -0.3 is 0 Å². The fourth-order valence-electron chi connectivity index (χ4n) is 3.95. The molecule has 1 aromatic rings. The first-order chi connectivity index (χ1) is 13.9. The number of hydrogen-bond donors (Lipinski definition) is 0.